The van der Waals surface area contributed by atoms with Crippen LogP contribution in [-0.2, 0) is 0 Å². The van der Waals surface area contributed by atoms with Crippen molar-refractivity contribution in [2.24, 2.45) is 0 Å². The van der Waals surface area contributed by atoms with Gasteiger partial charge in [-0.2, -0.15) is 0 Å². The molecule has 0 unspecified atom stereocenters. The van der Waals surface area contributed by atoms with E-state index in [1.54, 1.807) is 12.2 Å². The molecule has 1 N–H and O–H groups in total. The maximum absolute atomic E-state index is 8.42. The molecule has 1 rings (SSSR count). The van der Waals surface area contributed by atoms with Gasteiger partial charge < -0.3 is 9.84 Å². The first-order valence-corrected chi connectivity index (χ1v) is 3.87. The lowest BCUT2D eigenvalue weighted by Crippen LogP contribution is -1.92. The standard InChI is InChI=1S/C10H12O2/c11-8-4-5-9-12-10-6-2-1-3-7-10/h1-7,11H,8-9H2/b5-4-. The molecule has 64 valence electrons. The fourth-order valence-electron chi connectivity index (χ4n) is 0.804. The molecule has 0 atom stereocenters. The Hall–Kier alpha value is -1.28. The van der Waals surface area contributed by atoms with Crippen LogP contribution < -0.4 is 4.74 Å². The van der Waals surface area contributed by atoms with Crippen molar-refractivity contribution in [3.63, 3.8) is 0 Å². The van der Waals surface area contributed by atoms with Gasteiger partial charge in [-0.15, -0.1) is 0 Å². The zero-order chi connectivity index (χ0) is 8.65. The average molecular weight is 164 g/mol. The van der Waals surface area contributed by atoms with Gasteiger partial charge in [0.15, 0.2) is 0 Å². The summed E-state index contributed by atoms with van der Waals surface area (Å²) >= 11 is 0. The van der Waals surface area contributed by atoms with E-state index < -0.39 is 0 Å². The Morgan fingerprint density at radius 1 is 1.17 bits per heavy atom. The van der Waals surface area contributed by atoms with Gasteiger partial charge in [0.1, 0.15) is 12.4 Å². The molecule has 12 heavy (non-hydrogen) atoms. The van der Waals surface area contributed by atoms with Crippen molar-refractivity contribution in [3.8, 4) is 5.75 Å². The van der Waals surface area contributed by atoms with Crippen LogP contribution in [0, 0.1) is 0 Å². The van der Waals surface area contributed by atoms with Crippen LogP contribution in [0.1, 0.15) is 0 Å². The molecule has 0 saturated carbocycles. The number of aliphatic hydroxyl groups excluding tert-OH is 1. The topological polar surface area (TPSA) is 29.5 Å². The molecule has 0 aromatic heterocycles. The Morgan fingerprint density at radius 3 is 2.58 bits per heavy atom. The van der Waals surface area contributed by atoms with Gasteiger partial charge in [0.05, 0.1) is 6.61 Å². The lowest BCUT2D eigenvalue weighted by molar-refractivity contribution is 0.336. The predicted molar refractivity (Wildman–Crippen MR) is 48.2 cm³/mol. The quantitative estimate of drug-likeness (QED) is 0.685. The van der Waals surface area contributed by atoms with Crippen molar-refractivity contribution in [1.29, 1.82) is 0 Å². The number of hydrogen-bond donors (Lipinski definition) is 1. The summed E-state index contributed by atoms with van der Waals surface area (Å²) in [5.41, 5.74) is 0. The molecule has 0 radical (unpaired) electrons. The van der Waals surface area contributed by atoms with Gasteiger partial charge >= 0.3 is 0 Å². The number of benzene rings is 1. The number of rotatable bonds is 4. The minimum atomic E-state index is 0.0676. The molecule has 0 fully saturated rings. The molecule has 0 aliphatic heterocycles. The molecule has 0 spiro atoms. The highest BCUT2D eigenvalue weighted by molar-refractivity contribution is 5.21. The first kappa shape index (κ1) is 8.81. The van der Waals surface area contributed by atoms with Gasteiger partial charge in [-0.25, -0.2) is 0 Å². The lowest BCUT2D eigenvalue weighted by Gasteiger charge is -2.00. The maximum atomic E-state index is 8.42. The van der Waals surface area contributed by atoms with E-state index in [0.717, 1.165) is 5.75 Å². The molecular weight excluding hydrogens is 152 g/mol. The molecular formula is C10H12O2. The smallest absolute Gasteiger partial charge is 0.119 e. The zero-order valence-corrected chi connectivity index (χ0v) is 6.81. The van der Waals surface area contributed by atoms with Crippen LogP contribution in [0.25, 0.3) is 0 Å². The second-order valence-corrected chi connectivity index (χ2v) is 2.28. The summed E-state index contributed by atoms with van der Waals surface area (Å²) in [4.78, 5) is 0. The van der Waals surface area contributed by atoms with E-state index in [9.17, 15) is 0 Å². The highest BCUT2D eigenvalue weighted by Gasteiger charge is 1.86. The summed E-state index contributed by atoms with van der Waals surface area (Å²) in [7, 11) is 0. The van der Waals surface area contributed by atoms with Crippen molar-refractivity contribution < 1.29 is 9.84 Å². The van der Waals surface area contributed by atoms with Crippen LogP contribution in [0.4, 0.5) is 0 Å². The van der Waals surface area contributed by atoms with E-state index in [1.807, 2.05) is 30.3 Å². The maximum Gasteiger partial charge on any atom is 0.119 e. The monoisotopic (exact) mass is 164 g/mol. The van der Waals surface area contributed by atoms with E-state index in [-0.39, 0.29) is 6.61 Å². The molecule has 0 saturated heterocycles. The summed E-state index contributed by atoms with van der Waals surface area (Å²) in [6.07, 6.45) is 3.44. The zero-order valence-electron chi connectivity index (χ0n) is 6.81. The van der Waals surface area contributed by atoms with Gasteiger partial charge in [-0.05, 0) is 18.2 Å². The first-order valence-electron chi connectivity index (χ1n) is 3.87. The van der Waals surface area contributed by atoms with Gasteiger partial charge in [-0.1, -0.05) is 24.3 Å². The van der Waals surface area contributed by atoms with E-state index in [0.29, 0.717) is 6.61 Å². The number of aliphatic hydroxyl groups is 1. The number of ether oxygens (including phenoxy) is 1. The third kappa shape index (κ3) is 3.21. The Kier molecular flexibility index (Phi) is 3.95. The van der Waals surface area contributed by atoms with Gasteiger partial charge in [0.2, 0.25) is 0 Å². The van der Waals surface area contributed by atoms with Crippen LogP contribution in [-0.4, -0.2) is 18.3 Å². The first-order chi connectivity index (χ1) is 5.93. The van der Waals surface area contributed by atoms with E-state index in [4.69, 9.17) is 9.84 Å². The molecule has 1 aromatic rings. The molecule has 0 aliphatic carbocycles. The Labute approximate surface area is 72.1 Å². The molecule has 2 nitrogen and oxygen atoms in total. The fraction of sp³-hybridized carbons (Fsp3) is 0.200. The van der Waals surface area contributed by atoms with Gasteiger partial charge in [0, 0.05) is 0 Å². The lowest BCUT2D eigenvalue weighted by atomic mass is 10.3. The largest absolute Gasteiger partial charge is 0.490 e. The number of hydrogen-bond acceptors (Lipinski definition) is 2. The Balaban J connectivity index is 2.29. The van der Waals surface area contributed by atoms with Crippen LogP contribution in [0.2, 0.25) is 0 Å². The van der Waals surface area contributed by atoms with E-state index in [1.165, 1.54) is 0 Å². The van der Waals surface area contributed by atoms with Crippen molar-refractivity contribution in [2.45, 2.75) is 0 Å². The SMILES string of the molecule is OC/C=C\COc1ccccc1. The molecule has 0 bridgehead atoms. The van der Waals surface area contributed by atoms with Crippen LogP contribution >= 0.6 is 0 Å². The van der Waals surface area contributed by atoms with Crippen molar-refractivity contribution in [2.75, 3.05) is 13.2 Å². The van der Waals surface area contributed by atoms with Crippen LogP contribution in [0.3, 0.4) is 0 Å². The van der Waals surface area contributed by atoms with Crippen molar-refractivity contribution in [1.82, 2.24) is 0 Å². The molecule has 2 heteroatoms. The van der Waals surface area contributed by atoms with Crippen molar-refractivity contribution >= 4 is 0 Å². The van der Waals surface area contributed by atoms with Gasteiger partial charge in [0.25, 0.3) is 0 Å². The highest BCUT2D eigenvalue weighted by Crippen LogP contribution is 2.07. The Bertz CT molecular complexity index is 229. The molecule has 0 heterocycles. The second-order valence-electron chi connectivity index (χ2n) is 2.28. The fourth-order valence-corrected chi connectivity index (χ4v) is 0.804. The summed E-state index contributed by atoms with van der Waals surface area (Å²) < 4.78 is 5.31. The molecule has 0 amide bonds. The molecule has 1 aromatic carbocycles. The summed E-state index contributed by atoms with van der Waals surface area (Å²) in [6.45, 7) is 0.572. The minimum Gasteiger partial charge on any atom is -0.490 e. The van der Waals surface area contributed by atoms with Crippen LogP contribution in [0.5, 0.6) is 5.75 Å². The normalized spacial score (nSPS) is 10.4. The summed E-state index contributed by atoms with van der Waals surface area (Å²) in [5.74, 6) is 0.847. The van der Waals surface area contributed by atoms with Crippen LogP contribution in [0.15, 0.2) is 42.5 Å². The van der Waals surface area contributed by atoms with Crippen molar-refractivity contribution in [3.05, 3.63) is 42.5 Å². The summed E-state index contributed by atoms with van der Waals surface area (Å²) in [6, 6.07) is 9.58. The second kappa shape index (κ2) is 5.38. The van der Waals surface area contributed by atoms with E-state index in [2.05, 4.69) is 0 Å². The average Bonchev–Trinajstić information content (AvgIpc) is 2.14. The van der Waals surface area contributed by atoms with Gasteiger partial charge in [-0.3, -0.25) is 0 Å². The molecule has 0 aliphatic rings. The highest BCUT2D eigenvalue weighted by atomic mass is 16.5. The minimum absolute atomic E-state index is 0.0676. The van der Waals surface area contributed by atoms with E-state index >= 15 is 0 Å². The third-order valence-electron chi connectivity index (χ3n) is 1.36. The predicted octanol–water partition coefficient (Wildman–Crippen LogP) is 1.61. The number of para-hydroxylation sites is 1. The third-order valence-corrected chi connectivity index (χ3v) is 1.36. The summed E-state index contributed by atoms with van der Waals surface area (Å²) in [5, 5.41) is 8.42. The Morgan fingerprint density at radius 2 is 1.92 bits per heavy atom.